The van der Waals surface area contributed by atoms with Gasteiger partial charge in [0.25, 0.3) is 0 Å². The standard InChI is InChI=1S/C12H18N4O2S2/c17-10(9-1-2-9)13-11-14-15-12(20-11)19-8-5-16-3-6-18-7-4-16/h9H,1-8H2,(H,13,14,17). The molecule has 110 valence electrons. The minimum atomic E-state index is 0.0889. The highest BCUT2D eigenvalue weighted by Crippen LogP contribution is 2.31. The van der Waals surface area contributed by atoms with E-state index in [0.29, 0.717) is 5.13 Å². The molecule has 2 fully saturated rings. The third kappa shape index (κ3) is 4.15. The maximum atomic E-state index is 11.6. The topological polar surface area (TPSA) is 67.4 Å². The summed E-state index contributed by atoms with van der Waals surface area (Å²) in [6.07, 6.45) is 2.01. The van der Waals surface area contributed by atoms with Crippen LogP contribution >= 0.6 is 23.1 Å². The second-order valence-electron chi connectivity index (χ2n) is 4.94. The van der Waals surface area contributed by atoms with Gasteiger partial charge in [0.1, 0.15) is 0 Å². The van der Waals surface area contributed by atoms with Gasteiger partial charge in [-0.1, -0.05) is 23.1 Å². The number of morpholine rings is 1. The average molecular weight is 314 g/mol. The van der Waals surface area contributed by atoms with Crippen molar-refractivity contribution in [2.75, 3.05) is 43.9 Å². The van der Waals surface area contributed by atoms with Crippen molar-refractivity contribution < 1.29 is 9.53 Å². The Morgan fingerprint density at radius 3 is 2.95 bits per heavy atom. The van der Waals surface area contributed by atoms with Crippen LogP contribution in [0.5, 0.6) is 0 Å². The van der Waals surface area contributed by atoms with E-state index in [1.807, 2.05) is 0 Å². The van der Waals surface area contributed by atoms with Gasteiger partial charge in [0.2, 0.25) is 11.0 Å². The highest BCUT2D eigenvalue weighted by Gasteiger charge is 2.30. The molecule has 0 radical (unpaired) electrons. The molecule has 0 atom stereocenters. The Morgan fingerprint density at radius 2 is 2.20 bits per heavy atom. The first-order valence-corrected chi connectivity index (χ1v) is 8.69. The Kier molecular flexibility index (Phi) is 4.87. The van der Waals surface area contributed by atoms with Crippen molar-refractivity contribution in [1.29, 1.82) is 0 Å². The van der Waals surface area contributed by atoms with E-state index in [2.05, 4.69) is 20.4 Å². The van der Waals surface area contributed by atoms with Crippen LogP contribution in [-0.2, 0) is 9.53 Å². The van der Waals surface area contributed by atoms with E-state index in [1.54, 1.807) is 11.8 Å². The van der Waals surface area contributed by atoms with Gasteiger partial charge in [-0.3, -0.25) is 9.69 Å². The molecule has 20 heavy (non-hydrogen) atoms. The molecule has 1 saturated heterocycles. The first-order chi connectivity index (χ1) is 9.81. The van der Waals surface area contributed by atoms with Crippen molar-refractivity contribution in [1.82, 2.24) is 15.1 Å². The van der Waals surface area contributed by atoms with Crippen LogP contribution in [0, 0.1) is 5.92 Å². The highest BCUT2D eigenvalue weighted by molar-refractivity contribution is 8.01. The predicted molar refractivity (Wildman–Crippen MR) is 79.2 cm³/mol. The van der Waals surface area contributed by atoms with Crippen molar-refractivity contribution in [2.45, 2.75) is 17.2 Å². The Morgan fingerprint density at radius 1 is 1.40 bits per heavy atom. The van der Waals surface area contributed by atoms with E-state index in [1.165, 1.54) is 11.3 Å². The number of nitrogens with one attached hydrogen (secondary N) is 1. The number of carbonyl (C=O) groups excluding carboxylic acids is 1. The molecular formula is C12H18N4O2S2. The summed E-state index contributed by atoms with van der Waals surface area (Å²) in [4.78, 5) is 14.0. The Bertz CT molecular complexity index is 458. The summed E-state index contributed by atoms with van der Waals surface area (Å²) in [5.74, 6) is 1.29. The zero-order chi connectivity index (χ0) is 13.8. The number of aromatic nitrogens is 2. The fourth-order valence-electron chi connectivity index (χ4n) is 1.96. The quantitative estimate of drug-likeness (QED) is 0.631. The van der Waals surface area contributed by atoms with E-state index in [-0.39, 0.29) is 11.8 Å². The van der Waals surface area contributed by atoms with Crippen LogP contribution in [0.2, 0.25) is 0 Å². The fraction of sp³-hybridized carbons (Fsp3) is 0.750. The van der Waals surface area contributed by atoms with Crippen LogP contribution in [-0.4, -0.2) is 59.6 Å². The second-order valence-corrected chi connectivity index (χ2v) is 7.26. The molecule has 1 aliphatic heterocycles. The first-order valence-electron chi connectivity index (χ1n) is 6.88. The average Bonchev–Trinajstić information content (AvgIpc) is 3.23. The molecule has 1 saturated carbocycles. The summed E-state index contributed by atoms with van der Waals surface area (Å²) < 4.78 is 6.24. The predicted octanol–water partition coefficient (Wildman–Crippen LogP) is 1.31. The molecule has 8 heteroatoms. The summed E-state index contributed by atoms with van der Waals surface area (Å²) >= 11 is 3.16. The summed E-state index contributed by atoms with van der Waals surface area (Å²) in [6.45, 7) is 4.73. The molecule has 2 aliphatic rings. The van der Waals surface area contributed by atoms with Crippen molar-refractivity contribution in [3.63, 3.8) is 0 Å². The highest BCUT2D eigenvalue weighted by atomic mass is 32.2. The van der Waals surface area contributed by atoms with Gasteiger partial charge in [-0.05, 0) is 12.8 Å². The number of carbonyl (C=O) groups is 1. The number of hydrogen-bond acceptors (Lipinski definition) is 7. The number of rotatable bonds is 6. The lowest BCUT2D eigenvalue weighted by atomic mass is 10.4. The van der Waals surface area contributed by atoms with Gasteiger partial charge < -0.3 is 10.1 Å². The third-order valence-corrected chi connectivity index (χ3v) is 5.27. The number of ether oxygens (including phenoxy) is 1. The van der Waals surface area contributed by atoms with Crippen LogP contribution in [0.25, 0.3) is 0 Å². The van der Waals surface area contributed by atoms with Crippen LogP contribution in [0.15, 0.2) is 4.34 Å². The van der Waals surface area contributed by atoms with E-state index >= 15 is 0 Å². The van der Waals surface area contributed by atoms with E-state index in [0.717, 1.165) is 55.8 Å². The largest absolute Gasteiger partial charge is 0.379 e. The minimum Gasteiger partial charge on any atom is -0.379 e. The lowest BCUT2D eigenvalue weighted by Gasteiger charge is -2.25. The van der Waals surface area contributed by atoms with Crippen LogP contribution in [0.3, 0.4) is 0 Å². The number of nitrogens with zero attached hydrogens (tertiary/aromatic N) is 3. The van der Waals surface area contributed by atoms with Gasteiger partial charge in [0, 0.05) is 31.3 Å². The number of hydrogen-bond donors (Lipinski definition) is 1. The second kappa shape index (κ2) is 6.84. The number of anilines is 1. The molecular weight excluding hydrogens is 296 g/mol. The van der Waals surface area contributed by atoms with Gasteiger partial charge in [0.05, 0.1) is 13.2 Å². The molecule has 3 rings (SSSR count). The molecule has 1 N–H and O–H groups in total. The number of amides is 1. The van der Waals surface area contributed by atoms with E-state index in [4.69, 9.17) is 4.74 Å². The van der Waals surface area contributed by atoms with Crippen LogP contribution in [0.4, 0.5) is 5.13 Å². The van der Waals surface area contributed by atoms with Crippen molar-refractivity contribution >= 4 is 34.1 Å². The van der Waals surface area contributed by atoms with Gasteiger partial charge in [0.15, 0.2) is 4.34 Å². The van der Waals surface area contributed by atoms with Crippen LogP contribution < -0.4 is 5.32 Å². The monoisotopic (exact) mass is 314 g/mol. The van der Waals surface area contributed by atoms with Gasteiger partial charge in [-0.25, -0.2) is 0 Å². The first kappa shape index (κ1) is 14.2. The van der Waals surface area contributed by atoms with Crippen molar-refractivity contribution in [3.05, 3.63) is 0 Å². The molecule has 0 spiro atoms. The van der Waals surface area contributed by atoms with E-state index < -0.39 is 0 Å². The van der Waals surface area contributed by atoms with Gasteiger partial charge in [-0.2, -0.15) is 0 Å². The van der Waals surface area contributed by atoms with E-state index in [9.17, 15) is 4.79 Å². The molecule has 1 aromatic rings. The smallest absolute Gasteiger partial charge is 0.229 e. The molecule has 1 aromatic heterocycles. The normalized spacial score (nSPS) is 20.0. The zero-order valence-electron chi connectivity index (χ0n) is 11.2. The Hall–Kier alpha value is -0.700. The zero-order valence-corrected chi connectivity index (χ0v) is 12.8. The number of thioether (sulfide) groups is 1. The third-order valence-electron chi connectivity index (χ3n) is 3.32. The summed E-state index contributed by atoms with van der Waals surface area (Å²) in [7, 11) is 0. The SMILES string of the molecule is O=C(Nc1nnc(SCCN2CCOCC2)s1)C1CC1. The van der Waals surface area contributed by atoms with Crippen molar-refractivity contribution in [3.8, 4) is 0 Å². The molecule has 2 heterocycles. The minimum absolute atomic E-state index is 0.0889. The molecule has 0 aromatic carbocycles. The molecule has 1 aliphatic carbocycles. The van der Waals surface area contributed by atoms with Crippen molar-refractivity contribution in [2.24, 2.45) is 5.92 Å². The maximum Gasteiger partial charge on any atom is 0.229 e. The fourth-order valence-corrected chi connectivity index (χ4v) is 3.78. The van der Waals surface area contributed by atoms with Gasteiger partial charge in [-0.15, -0.1) is 10.2 Å². The molecule has 6 nitrogen and oxygen atoms in total. The van der Waals surface area contributed by atoms with Crippen LogP contribution in [0.1, 0.15) is 12.8 Å². The Labute approximate surface area is 126 Å². The Balaban J connectivity index is 1.39. The lowest BCUT2D eigenvalue weighted by molar-refractivity contribution is -0.117. The molecule has 0 bridgehead atoms. The summed E-state index contributed by atoms with van der Waals surface area (Å²) in [5, 5.41) is 11.6. The lowest BCUT2D eigenvalue weighted by Crippen LogP contribution is -2.37. The summed E-state index contributed by atoms with van der Waals surface area (Å²) in [6, 6.07) is 0. The van der Waals surface area contributed by atoms with Gasteiger partial charge >= 0.3 is 0 Å². The summed E-state index contributed by atoms with van der Waals surface area (Å²) in [5.41, 5.74) is 0. The molecule has 0 unspecified atom stereocenters. The maximum absolute atomic E-state index is 11.6. The molecule has 1 amide bonds.